The Morgan fingerprint density at radius 2 is 1.86 bits per heavy atom. The number of benzene rings is 2. The van der Waals surface area contributed by atoms with E-state index in [-0.39, 0.29) is 29.6 Å². The number of esters is 1. The summed E-state index contributed by atoms with van der Waals surface area (Å²) in [5, 5.41) is 11.2. The molecule has 0 aromatic heterocycles. The Kier molecular flexibility index (Phi) is 5.69. The van der Waals surface area contributed by atoms with Gasteiger partial charge in [0.15, 0.2) is 23.9 Å². The van der Waals surface area contributed by atoms with Crippen molar-refractivity contribution in [1.29, 1.82) is 0 Å². The number of Topliss-reactive ketones (excluding diaryl/α,β-unsaturated/α-hetero) is 1. The first-order chi connectivity index (χ1) is 13.5. The molecule has 0 bridgehead atoms. The fraction of sp³-hybridized carbons (Fsp3) is 0.200. The molecule has 1 aliphatic rings. The van der Waals surface area contributed by atoms with Crippen LogP contribution in [-0.4, -0.2) is 30.1 Å². The minimum atomic E-state index is -0.787. The zero-order chi connectivity index (χ0) is 20.1. The van der Waals surface area contributed by atoms with E-state index in [0.717, 1.165) is 18.1 Å². The molecule has 28 heavy (non-hydrogen) atoms. The Morgan fingerprint density at radius 3 is 2.50 bits per heavy atom. The number of nitro groups is 1. The summed E-state index contributed by atoms with van der Waals surface area (Å²) in [6, 6.07) is 9.69. The van der Waals surface area contributed by atoms with Gasteiger partial charge < -0.3 is 14.2 Å². The Morgan fingerprint density at radius 1 is 1.18 bits per heavy atom. The predicted octanol–water partition coefficient (Wildman–Crippen LogP) is 3.33. The fourth-order valence-corrected chi connectivity index (χ4v) is 2.59. The first-order valence-corrected chi connectivity index (χ1v) is 8.53. The molecule has 1 aliphatic heterocycles. The van der Waals surface area contributed by atoms with Crippen molar-refractivity contribution in [3.63, 3.8) is 0 Å². The minimum Gasteiger partial charge on any atom is -0.454 e. The highest BCUT2D eigenvalue weighted by molar-refractivity contribution is 5.99. The van der Waals surface area contributed by atoms with Crippen LogP contribution in [0.5, 0.6) is 11.5 Å². The molecule has 8 heteroatoms. The number of ketones is 1. The fourth-order valence-electron chi connectivity index (χ4n) is 2.59. The lowest BCUT2D eigenvalue weighted by molar-refractivity contribution is -0.385. The highest BCUT2D eigenvalue weighted by Gasteiger charge is 2.22. The number of hydrogen-bond donors (Lipinski definition) is 0. The maximum Gasteiger partial charge on any atom is 0.331 e. The van der Waals surface area contributed by atoms with Crippen molar-refractivity contribution in [2.45, 2.75) is 13.3 Å². The van der Waals surface area contributed by atoms with Crippen LogP contribution >= 0.6 is 0 Å². The number of nitro benzene ring substituents is 1. The third kappa shape index (κ3) is 4.35. The van der Waals surface area contributed by atoms with E-state index < -0.39 is 17.5 Å². The van der Waals surface area contributed by atoms with Gasteiger partial charge >= 0.3 is 5.97 Å². The number of hydrogen-bond acceptors (Lipinski definition) is 7. The van der Waals surface area contributed by atoms with Crippen LogP contribution in [0.4, 0.5) is 5.69 Å². The lowest BCUT2D eigenvalue weighted by atomic mass is 10.1. The molecule has 8 nitrogen and oxygen atoms in total. The number of nitrogens with zero attached hydrogens (tertiary/aromatic N) is 1. The first kappa shape index (κ1) is 19.1. The number of ether oxygens (including phenoxy) is 3. The van der Waals surface area contributed by atoms with Crippen LogP contribution in [-0.2, 0) is 16.0 Å². The standard InChI is InChI=1S/C20H17NO7/c1-2-13-3-5-14(6-4-13)17(22)11-26-20(23)8-7-15-9-18-19(28-12-27-18)10-16(15)21(24)25/h3-10H,2,11-12H2,1H3/b8-7+. The smallest absolute Gasteiger partial charge is 0.331 e. The van der Waals surface area contributed by atoms with Crippen LogP contribution in [0.25, 0.3) is 6.08 Å². The van der Waals surface area contributed by atoms with E-state index in [9.17, 15) is 19.7 Å². The van der Waals surface area contributed by atoms with Crippen LogP contribution in [0, 0.1) is 10.1 Å². The van der Waals surface area contributed by atoms with Crippen LogP contribution < -0.4 is 9.47 Å². The summed E-state index contributed by atoms with van der Waals surface area (Å²) >= 11 is 0. The molecule has 0 radical (unpaired) electrons. The summed E-state index contributed by atoms with van der Waals surface area (Å²) in [6.07, 6.45) is 3.13. The lowest BCUT2D eigenvalue weighted by Gasteiger charge is -2.03. The molecule has 0 unspecified atom stereocenters. The summed E-state index contributed by atoms with van der Waals surface area (Å²) in [5.41, 5.74) is 1.47. The van der Waals surface area contributed by atoms with Crippen molar-refractivity contribution in [2.24, 2.45) is 0 Å². The predicted molar refractivity (Wildman–Crippen MR) is 99.4 cm³/mol. The number of aryl methyl sites for hydroxylation is 1. The zero-order valence-electron chi connectivity index (χ0n) is 15.0. The van der Waals surface area contributed by atoms with Crippen molar-refractivity contribution >= 4 is 23.5 Å². The third-order valence-corrected chi connectivity index (χ3v) is 4.15. The van der Waals surface area contributed by atoms with Gasteiger partial charge in [0.25, 0.3) is 5.69 Å². The van der Waals surface area contributed by atoms with Gasteiger partial charge in [-0.15, -0.1) is 0 Å². The van der Waals surface area contributed by atoms with Crippen LogP contribution in [0.1, 0.15) is 28.4 Å². The molecule has 144 valence electrons. The van der Waals surface area contributed by atoms with Gasteiger partial charge in [-0.25, -0.2) is 4.79 Å². The highest BCUT2D eigenvalue weighted by Crippen LogP contribution is 2.38. The molecule has 0 aliphatic carbocycles. The van der Waals surface area contributed by atoms with E-state index in [0.29, 0.717) is 11.3 Å². The van der Waals surface area contributed by atoms with Gasteiger partial charge in [-0.3, -0.25) is 14.9 Å². The molecular weight excluding hydrogens is 366 g/mol. The van der Waals surface area contributed by atoms with E-state index in [2.05, 4.69) is 0 Å². The molecule has 0 atom stereocenters. The van der Waals surface area contributed by atoms with Crippen LogP contribution in [0.15, 0.2) is 42.5 Å². The topological polar surface area (TPSA) is 105 Å². The average molecular weight is 383 g/mol. The van der Waals surface area contributed by atoms with Gasteiger partial charge in [0.05, 0.1) is 16.6 Å². The van der Waals surface area contributed by atoms with Crippen molar-refractivity contribution in [1.82, 2.24) is 0 Å². The van der Waals surface area contributed by atoms with Crippen molar-refractivity contribution in [3.05, 3.63) is 69.3 Å². The molecular formula is C20H17NO7. The summed E-state index contributed by atoms with van der Waals surface area (Å²) in [7, 11) is 0. The van der Waals surface area contributed by atoms with Gasteiger partial charge in [0.1, 0.15) is 0 Å². The summed E-state index contributed by atoms with van der Waals surface area (Å²) < 4.78 is 15.2. The van der Waals surface area contributed by atoms with Gasteiger partial charge in [-0.1, -0.05) is 31.2 Å². The minimum absolute atomic E-state index is 0.0248. The van der Waals surface area contributed by atoms with Crippen LogP contribution in [0.2, 0.25) is 0 Å². The van der Waals surface area contributed by atoms with E-state index in [1.807, 2.05) is 19.1 Å². The van der Waals surface area contributed by atoms with Gasteiger partial charge in [-0.05, 0) is 24.1 Å². The summed E-state index contributed by atoms with van der Waals surface area (Å²) in [4.78, 5) is 34.6. The van der Waals surface area contributed by atoms with E-state index in [1.54, 1.807) is 12.1 Å². The first-order valence-electron chi connectivity index (χ1n) is 8.53. The van der Waals surface area contributed by atoms with Crippen molar-refractivity contribution in [3.8, 4) is 11.5 Å². The number of carbonyl (C=O) groups is 2. The van der Waals surface area contributed by atoms with Gasteiger partial charge in [0.2, 0.25) is 6.79 Å². The molecule has 2 aromatic rings. The Labute approximate surface area is 160 Å². The molecule has 0 spiro atoms. The molecule has 0 amide bonds. The van der Waals surface area contributed by atoms with E-state index >= 15 is 0 Å². The molecule has 2 aromatic carbocycles. The Hall–Kier alpha value is -3.68. The second-order valence-electron chi connectivity index (χ2n) is 5.94. The quantitative estimate of drug-likeness (QED) is 0.237. The molecule has 0 fully saturated rings. The molecule has 0 saturated heterocycles. The number of fused-ring (bicyclic) bond motifs is 1. The molecule has 1 heterocycles. The summed E-state index contributed by atoms with van der Waals surface area (Å²) in [5.74, 6) is -0.501. The van der Waals surface area contributed by atoms with Crippen molar-refractivity contribution < 1.29 is 28.7 Å². The number of rotatable bonds is 7. The monoisotopic (exact) mass is 383 g/mol. The molecule has 0 N–H and O–H groups in total. The van der Waals surface area contributed by atoms with Gasteiger partial charge in [-0.2, -0.15) is 0 Å². The maximum absolute atomic E-state index is 12.1. The van der Waals surface area contributed by atoms with Crippen LogP contribution in [0.3, 0.4) is 0 Å². The summed E-state index contributed by atoms with van der Waals surface area (Å²) in [6.45, 7) is 1.57. The average Bonchev–Trinajstić information content (AvgIpc) is 3.17. The SMILES string of the molecule is CCc1ccc(C(=O)COC(=O)/C=C/c2cc3c(cc2[N+](=O)[O-])OCO3)cc1. The van der Waals surface area contributed by atoms with Gasteiger partial charge in [0, 0.05) is 11.6 Å². The normalized spacial score (nSPS) is 12.2. The Balaban J connectivity index is 1.63. The molecule has 0 saturated carbocycles. The largest absolute Gasteiger partial charge is 0.454 e. The number of carbonyl (C=O) groups excluding carboxylic acids is 2. The Bertz CT molecular complexity index is 948. The molecule has 3 rings (SSSR count). The maximum atomic E-state index is 12.1. The second-order valence-corrected chi connectivity index (χ2v) is 5.94. The lowest BCUT2D eigenvalue weighted by Crippen LogP contribution is -2.12. The third-order valence-electron chi connectivity index (χ3n) is 4.15. The zero-order valence-corrected chi connectivity index (χ0v) is 15.0. The van der Waals surface area contributed by atoms with E-state index in [1.165, 1.54) is 18.2 Å². The highest BCUT2D eigenvalue weighted by atomic mass is 16.7. The second kappa shape index (κ2) is 8.34. The van der Waals surface area contributed by atoms with E-state index in [4.69, 9.17) is 14.2 Å². The van der Waals surface area contributed by atoms with Crippen molar-refractivity contribution in [2.75, 3.05) is 13.4 Å².